The SMILES string of the molecule is COc1nnc(Cl)cc1C(C)N/C=C(\C=N)[N+](=O)[O-]. The van der Waals surface area contributed by atoms with Gasteiger partial charge in [-0.1, -0.05) is 11.6 Å². The monoisotopic (exact) mass is 285 g/mol. The summed E-state index contributed by atoms with van der Waals surface area (Å²) in [6, 6.07) is 1.20. The maximum Gasteiger partial charge on any atom is 0.302 e. The first-order valence-corrected chi connectivity index (χ1v) is 5.55. The fourth-order valence-electron chi connectivity index (χ4n) is 1.29. The Balaban J connectivity index is 2.95. The number of halogens is 1. The summed E-state index contributed by atoms with van der Waals surface area (Å²) in [5.41, 5.74) is 0.241. The van der Waals surface area contributed by atoms with Gasteiger partial charge in [0, 0.05) is 5.56 Å². The summed E-state index contributed by atoms with van der Waals surface area (Å²) in [4.78, 5) is 9.87. The molecule has 0 amide bonds. The molecule has 1 aromatic rings. The van der Waals surface area contributed by atoms with E-state index in [0.717, 1.165) is 6.20 Å². The van der Waals surface area contributed by atoms with Crippen molar-refractivity contribution >= 4 is 17.8 Å². The van der Waals surface area contributed by atoms with Crippen LogP contribution < -0.4 is 10.1 Å². The average Bonchev–Trinajstić information content (AvgIpc) is 2.38. The zero-order chi connectivity index (χ0) is 14.4. The number of methoxy groups -OCH3 is 1. The minimum absolute atomic E-state index is 0.190. The zero-order valence-electron chi connectivity index (χ0n) is 10.3. The lowest BCUT2D eigenvalue weighted by atomic mass is 10.1. The highest BCUT2D eigenvalue weighted by Gasteiger charge is 2.14. The summed E-state index contributed by atoms with van der Waals surface area (Å²) >= 11 is 5.74. The van der Waals surface area contributed by atoms with Crippen molar-refractivity contribution < 1.29 is 9.66 Å². The molecule has 0 spiro atoms. The van der Waals surface area contributed by atoms with Gasteiger partial charge in [-0.15, -0.1) is 10.2 Å². The molecular weight excluding hydrogens is 274 g/mol. The van der Waals surface area contributed by atoms with Crippen LogP contribution in [0.5, 0.6) is 5.88 Å². The minimum atomic E-state index is -0.665. The molecule has 1 heterocycles. The molecule has 0 bridgehead atoms. The van der Waals surface area contributed by atoms with Gasteiger partial charge in [-0.25, -0.2) is 0 Å². The maximum atomic E-state index is 10.5. The first kappa shape index (κ1) is 14.8. The van der Waals surface area contributed by atoms with Crippen LogP contribution in [0.2, 0.25) is 5.15 Å². The molecule has 1 atom stereocenters. The molecule has 1 unspecified atom stereocenters. The van der Waals surface area contributed by atoms with Gasteiger partial charge in [0.1, 0.15) is 0 Å². The lowest BCUT2D eigenvalue weighted by Gasteiger charge is -2.14. The van der Waals surface area contributed by atoms with E-state index in [0.29, 0.717) is 11.8 Å². The molecule has 0 aromatic carbocycles. The van der Waals surface area contributed by atoms with E-state index in [2.05, 4.69) is 15.5 Å². The van der Waals surface area contributed by atoms with E-state index in [1.54, 1.807) is 13.0 Å². The lowest BCUT2D eigenvalue weighted by molar-refractivity contribution is -0.414. The van der Waals surface area contributed by atoms with Crippen molar-refractivity contribution in [3.05, 3.63) is 38.8 Å². The number of aromatic nitrogens is 2. The fraction of sp³-hybridized carbons (Fsp3) is 0.300. The molecular formula is C10H12ClN5O3. The first-order chi connectivity index (χ1) is 8.99. The Morgan fingerprint density at radius 2 is 2.37 bits per heavy atom. The van der Waals surface area contributed by atoms with E-state index in [9.17, 15) is 10.1 Å². The van der Waals surface area contributed by atoms with Crippen molar-refractivity contribution in [3.8, 4) is 5.88 Å². The number of nitrogens with zero attached hydrogens (tertiary/aromatic N) is 3. The molecule has 2 N–H and O–H groups in total. The molecule has 0 saturated carbocycles. The Hall–Kier alpha value is -2.22. The van der Waals surface area contributed by atoms with E-state index >= 15 is 0 Å². The van der Waals surface area contributed by atoms with E-state index in [-0.39, 0.29) is 22.8 Å². The third-order valence-corrected chi connectivity index (χ3v) is 2.44. The van der Waals surface area contributed by atoms with Crippen molar-refractivity contribution in [1.82, 2.24) is 15.5 Å². The number of hydrogen-bond donors (Lipinski definition) is 2. The smallest absolute Gasteiger partial charge is 0.302 e. The van der Waals surface area contributed by atoms with Gasteiger partial charge < -0.3 is 15.5 Å². The molecule has 0 aliphatic rings. The van der Waals surface area contributed by atoms with Crippen LogP contribution in [-0.4, -0.2) is 28.4 Å². The van der Waals surface area contributed by atoms with Crippen LogP contribution in [0.3, 0.4) is 0 Å². The molecule has 0 saturated heterocycles. The predicted octanol–water partition coefficient (Wildman–Crippen LogP) is 1.56. The molecule has 1 rings (SSSR count). The average molecular weight is 286 g/mol. The van der Waals surface area contributed by atoms with Crippen LogP contribution in [0.4, 0.5) is 0 Å². The Kier molecular flexibility index (Phi) is 5.19. The third-order valence-electron chi connectivity index (χ3n) is 2.26. The molecule has 0 aliphatic carbocycles. The van der Waals surface area contributed by atoms with Gasteiger partial charge in [-0.2, -0.15) is 0 Å². The second kappa shape index (κ2) is 6.64. The van der Waals surface area contributed by atoms with E-state index < -0.39 is 4.92 Å². The van der Waals surface area contributed by atoms with Gasteiger partial charge in [0.15, 0.2) is 5.15 Å². The Morgan fingerprint density at radius 1 is 1.68 bits per heavy atom. The Bertz CT molecular complexity index is 520. The van der Waals surface area contributed by atoms with Crippen LogP contribution in [-0.2, 0) is 0 Å². The molecule has 1 aromatic heterocycles. The number of nitrogens with one attached hydrogen (secondary N) is 2. The van der Waals surface area contributed by atoms with Gasteiger partial charge in [0.2, 0.25) is 5.88 Å². The van der Waals surface area contributed by atoms with Gasteiger partial charge >= 0.3 is 5.70 Å². The van der Waals surface area contributed by atoms with Crippen LogP contribution in [0.25, 0.3) is 0 Å². The second-order valence-corrected chi connectivity index (χ2v) is 3.88. The Morgan fingerprint density at radius 3 is 2.89 bits per heavy atom. The number of nitro groups is 1. The highest BCUT2D eigenvalue weighted by Crippen LogP contribution is 2.24. The predicted molar refractivity (Wildman–Crippen MR) is 69.0 cm³/mol. The van der Waals surface area contributed by atoms with Crippen LogP contribution >= 0.6 is 11.6 Å². The van der Waals surface area contributed by atoms with Gasteiger partial charge in [-0.3, -0.25) is 10.1 Å². The van der Waals surface area contributed by atoms with Crippen molar-refractivity contribution in [2.75, 3.05) is 7.11 Å². The topological polar surface area (TPSA) is 114 Å². The van der Waals surface area contributed by atoms with E-state index in [4.69, 9.17) is 21.7 Å². The molecule has 0 fully saturated rings. The molecule has 9 heteroatoms. The standard InChI is InChI=1S/C10H12ClN5O3/c1-6(13-5-7(4-12)16(17)18)8-3-9(11)14-15-10(8)19-2/h3-6,12-13H,1-2H3/b7-5+,12-4?. The highest BCUT2D eigenvalue weighted by atomic mass is 35.5. The third kappa shape index (κ3) is 3.88. The zero-order valence-corrected chi connectivity index (χ0v) is 11.0. The Labute approximate surface area is 114 Å². The highest BCUT2D eigenvalue weighted by molar-refractivity contribution is 6.29. The quantitative estimate of drug-likeness (QED) is 0.466. The summed E-state index contributed by atoms with van der Waals surface area (Å²) in [6.45, 7) is 1.74. The molecule has 0 aliphatic heterocycles. The minimum Gasteiger partial charge on any atom is -0.480 e. The van der Waals surface area contributed by atoms with Crippen molar-refractivity contribution in [2.24, 2.45) is 0 Å². The van der Waals surface area contributed by atoms with Gasteiger partial charge in [-0.05, 0) is 13.0 Å². The summed E-state index contributed by atoms with van der Waals surface area (Å²) < 4.78 is 5.03. The largest absolute Gasteiger partial charge is 0.480 e. The normalized spacial score (nSPS) is 12.7. The van der Waals surface area contributed by atoms with E-state index in [1.807, 2.05) is 0 Å². The van der Waals surface area contributed by atoms with E-state index in [1.165, 1.54) is 7.11 Å². The van der Waals surface area contributed by atoms with Crippen LogP contribution in [0, 0.1) is 15.5 Å². The van der Waals surface area contributed by atoms with Crippen LogP contribution in [0.1, 0.15) is 18.5 Å². The molecule has 102 valence electrons. The summed E-state index contributed by atoms with van der Waals surface area (Å²) in [7, 11) is 1.43. The summed E-state index contributed by atoms with van der Waals surface area (Å²) in [6.07, 6.45) is 1.78. The summed E-state index contributed by atoms with van der Waals surface area (Å²) in [5, 5.41) is 27.8. The number of hydrogen-bond acceptors (Lipinski definition) is 7. The number of rotatable bonds is 6. The van der Waals surface area contributed by atoms with Gasteiger partial charge in [0.05, 0.1) is 30.5 Å². The maximum absolute atomic E-state index is 10.5. The first-order valence-electron chi connectivity index (χ1n) is 5.17. The van der Waals surface area contributed by atoms with Crippen molar-refractivity contribution in [2.45, 2.75) is 13.0 Å². The lowest BCUT2D eigenvalue weighted by Crippen LogP contribution is -2.16. The summed E-state index contributed by atoms with van der Waals surface area (Å²) in [5.74, 6) is 0.273. The molecule has 0 radical (unpaired) electrons. The van der Waals surface area contributed by atoms with Crippen molar-refractivity contribution in [3.63, 3.8) is 0 Å². The van der Waals surface area contributed by atoms with Crippen molar-refractivity contribution in [1.29, 1.82) is 5.41 Å². The molecule has 19 heavy (non-hydrogen) atoms. The number of ether oxygens (including phenoxy) is 1. The van der Waals surface area contributed by atoms with Crippen LogP contribution in [0.15, 0.2) is 18.0 Å². The van der Waals surface area contributed by atoms with Gasteiger partial charge in [0.25, 0.3) is 0 Å². The molecule has 8 nitrogen and oxygen atoms in total. The second-order valence-electron chi connectivity index (χ2n) is 3.49. The number of allylic oxidation sites excluding steroid dienone is 1. The fourth-order valence-corrected chi connectivity index (χ4v) is 1.44.